The topological polar surface area (TPSA) is 49.3 Å². The zero-order valence-electron chi connectivity index (χ0n) is 17.2. The molecule has 1 amide bonds. The molecule has 29 heavy (non-hydrogen) atoms. The highest BCUT2D eigenvalue weighted by Gasteiger charge is 2.24. The zero-order chi connectivity index (χ0) is 20.2. The number of hydrogen-bond donors (Lipinski definition) is 0. The van der Waals surface area contributed by atoms with E-state index in [-0.39, 0.29) is 5.91 Å². The fourth-order valence-electron chi connectivity index (χ4n) is 3.80. The van der Waals surface area contributed by atoms with E-state index in [1.807, 2.05) is 47.4 Å². The maximum Gasteiger partial charge on any atom is 0.254 e. The highest BCUT2D eigenvalue weighted by Crippen LogP contribution is 2.25. The molecule has 1 aliphatic rings. The molecule has 1 aliphatic heterocycles. The summed E-state index contributed by atoms with van der Waals surface area (Å²) in [6.45, 7) is 9.06. The molecule has 0 radical (unpaired) electrons. The maximum atomic E-state index is 13.4. The molecule has 0 saturated carbocycles. The molecule has 0 bridgehead atoms. The molecular formula is C24H28N4O. The predicted molar refractivity (Wildman–Crippen MR) is 117 cm³/mol. The van der Waals surface area contributed by atoms with Gasteiger partial charge in [0, 0.05) is 49.5 Å². The Morgan fingerprint density at radius 2 is 1.86 bits per heavy atom. The van der Waals surface area contributed by atoms with Crippen LogP contribution in [-0.2, 0) is 0 Å². The first-order chi connectivity index (χ1) is 14.1. The quantitative estimate of drug-likeness (QED) is 0.660. The van der Waals surface area contributed by atoms with Crippen molar-refractivity contribution in [3.05, 3.63) is 60.4 Å². The Kier molecular flexibility index (Phi) is 5.86. The second-order valence-corrected chi connectivity index (χ2v) is 8.13. The number of benzene rings is 1. The van der Waals surface area contributed by atoms with Crippen LogP contribution in [0.2, 0.25) is 0 Å². The minimum Gasteiger partial charge on any atom is -0.336 e. The predicted octanol–water partition coefficient (Wildman–Crippen LogP) is 4.10. The Labute approximate surface area is 172 Å². The van der Waals surface area contributed by atoms with E-state index in [4.69, 9.17) is 4.98 Å². The van der Waals surface area contributed by atoms with Crippen molar-refractivity contribution in [2.75, 3.05) is 32.7 Å². The van der Waals surface area contributed by atoms with Crippen molar-refractivity contribution in [1.29, 1.82) is 0 Å². The third-order valence-electron chi connectivity index (χ3n) is 5.59. The van der Waals surface area contributed by atoms with Gasteiger partial charge < -0.3 is 4.90 Å². The van der Waals surface area contributed by atoms with Gasteiger partial charge in [-0.3, -0.25) is 14.7 Å². The molecule has 3 heterocycles. The largest absolute Gasteiger partial charge is 0.336 e. The van der Waals surface area contributed by atoms with Crippen LogP contribution in [0.25, 0.3) is 22.2 Å². The van der Waals surface area contributed by atoms with Gasteiger partial charge in [0.15, 0.2) is 0 Å². The molecule has 0 aliphatic carbocycles. The molecule has 1 aromatic carbocycles. The average Bonchev–Trinajstić information content (AvgIpc) is 2.77. The highest BCUT2D eigenvalue weighted by atomic mass is 16.2. The van der Waals surface area contributed by atoms with Gasteiger partial charge in [0.1, 0.15) is 0 Å². The summed E-state index contributed by atoms with van der Waals surface area (Å²) in [5, 5.41) is 0.910. The van der Waals surface area contributed by atoms with Crippen LogP contribution in [0.1, 0.15) is 30.6 Å². The molecule has 0 spiro atoms. The summed E-state index contributed by atoms with van der Waals surface area (Å²) in [6.07, 6.45) is 4.74. The number of rotatable bonds is 5. The number of carbonyl (C=O) groups excluding carboxylic acids is 1. The molecule has 5 nitrogen and oxygen atoms in total. The number of fused-ring (bicyclic) bond motifs is 1. The first-order valence-electron chi connectivity index (χ1n) is 10.4. The van der Waals surface area contributed by atoms with Gasteiger partial charge in [-0.25, -0.2) is 4.98 Å². The van der Waals surface area contributed by atoms with E-state index in [1.54, 1.807) is 12.4 Å². The van der Waals surface area contributed by atoms with Crippen molar-refractivity contribution < 1.29 is 4.79 Å². The van der Waals surface area contributed by atoms with E-state index >= 15 is 0 Å². The summed E-state index contributed by atoms with van der Waals surface area (Å²) in [4.78, 5) is 26.9. The average molecular weight is 389 g/mol. The Morgan fingerprint density at radius 3 is 2.59 bits per heavy atom. The lowest BCUT2D eigenvalue weighted by molar-refractivity contribution is 0.0633. The number of aromatic nitrogens is 2. The van der Waals surface area contributed by atoms with Gasteiger partial charge in [-0.05, 0) is 43.1 Å². The molecule has 0 unspecified atom stereocenters. The SMILES string of the molecule is CC(C)CCN1CCN(C(=O)c2cc(-c3cccnc3)nc3ccccc23)CC1. The summed E-state index contributed by atoms with van der Waals surface area (Å²) in [5.41, 5.74) is 3.28. The number of pyridine rings is 2. The Bertz CT molecular complexity index is 979. The first kappa shape index (κ1) is 19.5. The molecule has 1 saturated heterocycles. The number of piperazine rings is 1. The van der Waals surface area contributed by atoms with Crippen LogP contribution >= 0.6 is 0 Å². The fraction of sp³-hybridized carbons (Fsp3) is 0.375. The molecule has 3 aromatic rings. The smallest absolute Gasteiger partial charge is 0.254 e. The molecule has 150 valence electrons. The monoisotopic (exact) mass is 388 g/mol. The summed E-state index contributed by atoms with van der Waals surface area (Å²) >= 11 is 0. The zero-order valence-corrected chi connectivity index (χ0v) is 17.2. The number of para-hydroxylation sites is 1. The Morgan fingerprint density at radius 1 is 1.07 bits per heavy atom. The Hall–Kier alpha value is -2.79. The van der Waals surface area contributed by atoms with E-state index < -0.39 is 0 Å². The standard InChI is InChI=1S/C24H28N4O/c1-18(2)9-11-27-12-14-28(15-13-27)24(29)21-16-23(19-6-5-10-25-17-19)26-22-8-4-3-7-20(21)22/h3-8,10,16-18H,9,11-15H2,1-2H3. The van der Waals surface area contributed by atoms with Crippen LogP contribution in [0.15, 0.2) is 54.9 Å². The van der Waals surface area contributed by atoms with Crippen molar-refractivity contribution in [3.63, 3.8) is 0 Å². The molecule has 4 rings (SSSR count). The van der Waals surface area contributed by atoms with E-state index in [2.05, 4.69) is 23.7 Å². The van der Waals surface area contributed by atoms with Crippen LogP contribution in [0.4, 0.5) is 0 Å². The van der Waals surface area contributed by atoms with Crippen LogP contribution in [0.3, 0.4) is 0 Å². The molecular weight excluding hydrogens is 360 g/mol. The Balaban J connectivity index is 1.59. The fourth-order valence-corrected chi connectivity index (χ4v) is 3.80. The van der Waals surface area contributed by atoms with Gasteiger partial charge >= 0.3 is 0 Å². The summed E-state index contributed by atoms with van der Waals surface area (Å²) in [6, 6.07) is 13.7. The van der Waals surface area contributed by atoms with Gasteiger partial charge in [-0.15, -0.1) is 0 Å². The van der Waals surface area contributed by atoms with Gasteiger partial charge in [0.25, 0.3) is 5.91 Å². The number of hydrogen-bond acceptors (Lipinski definition) is 4. The van der Waals surface area contributed by atoms with Crippen molar-refractivity contribution in [3.8, 4) is 11.3 Å². The minimum atomic E-state index is 0.0947. The summed E-state index contributed by atoms with van der Waals surface area (Å²) in [7, 11) is 0. The summed E-state index contributed by atoms with van der Waals surface area (Å²) in [5.74, 6) is 0.806. The van der Waals surface area contributed by atoms with Crippen molar-refractivity contribution in [1.82, 2.24) is 19.8 Å². The van der Waals surface area contributed by atoms with E-state index in [0.29, 0.717) is 5.92 Å². The van der Waals surface area contributed by atoms with Gasteiger partial charge in [0.05, 0.1) is 16.8 Å². The summed E-state index contributed by atoms with van der Waals surface area (Å²) < 4.78 is 0. The minimum absolute atomic E-state index is 0.0947. The van der Waals surface area contributed by atoms with Crippen molar-refractivity contribution >= 4 is 16.8 Å². The van der Waals surface area contributed by atoms with Gasteiger partial charge in [-0.2, -0.15) is 0 Å². The number of carbonyl (C=O) groups is 1. The molecule has 0 N–H and O–H groups in total. The van der Waals surface area contributed by atoms with Crippen LogP contribution in [-0.4, -0.2) is 58.4 Å². The third kappa shape index (κ3) is 4.46. The van der Waals surface area contributed by atoms with Crippen LogP contribution in [0.5, 0.6) is 0 Å². The normalized spacial score (nSPS) is 15.2. The molecule has 1 fully saturated rings. The van der Waals surface area contributed by atoms with E-state index in [9.17, 15) is 4.79 Å². The second kappa shape index (κ2) is 8.70. The highest BCUT2D eigenvalue weighted by molar-refractivity contribution is 6.07. The lowest BCUT2D eigenvalue weighted by Crippen LogP contribution is -2.49. The maximum absolute atomic E-state index is 13.4. The van der Waals surface area contributed by atoms with Gasteiger partial charge in [0.2, 0.25) is 0 Å². The lowest BCUT2D eigenvalue weighted by atomic mass is 10.0. The molecule has 2 aromatic heterocycles. The van der Waals surface area contributed by atoms with E-state index in [0.717, 1.165) is 60.4 Å². The second-order valence-electron chi connectivity index (χ2n) is 8.13. The molecule has 0 atom stereocenters. The number of amides is 1. The van der Waals surface area contributed by atoms with Crippen molar-refractivity contribution in [2.45, 2.75) is 20.3 Å². The molecule has 5 heteroatoms. The van der Waals surface area contributed by atoms with Gasteiger partial charge in [-0.1, -0.05) is 32.0 Å². The first-order valence-corrected chi connectivity index (χ1v) is 10.4. The van der Waals surface area contributed by atoms with Crippen LogP contribution in [0, 0.1) is 5.92 Å². The van der Waals surface area contributed by atoms with Crippen LogP contribution < -0.4 is 0 Å². The number of nitrogens with zero attached hydrogens (tertiary/aromatic N) is 4. The third-order valence-corrected chi connectivity index (χ3v) is 5.59. The van der Waals surface area contributed by atoms with E-state index in [1.165, 1.54) is 6.42 Å². The van der Waals surface area contributed by atoms with Crippen molar-refractivity contribution in [2.24, 2.45) is 5.92 Å². The lowest BCUT2D eigenvalue weighted by Gasteiger charge is -2.35.